The predicted octanol–water partition coefficient (Wildman–Crippen LogP) is 3.32. The van der Waals surface area contributed by atoms with Crippen LogP contribution in [-0.4, -0.2) is 57.2 Å². The fourth-order valence-electron chi connectivity index (χ4n) is 3.41. The normalized spacial score (nSPS) is 16.1. The summed E-state index contributed by atoms with van der Waals surface area (Å²) in [5.41, 5.74) is 0. The largest absolute Gasteiger partial charge is 0.469 e. The summed E-state index contributed by atoms with van der Waals surface area (Å²) in [5.74, 6) is 1.67. The van der Waals surface area contributed by atoms with Crippen molar-refractivity contribution >= 4 is 35.9 Å². The van der Waals surface area contributed by atoms with E-state index in [4.69, 9.17) is 4.42 Å². The average molecular weight is 506 g/mol. The van der Waals surface area contributed by atoms with Gasteiger partial charge in [-0.3, -0.25) is 14.7 Å². The second-order valence-corrected chi connectivity index (χ2v) is 6.89. The molecule has 1 atom stereocenters. The van der Waals surface area contributed by atoms with Crippen molar-refractivity contribution in [2.24, 2.45) is 4.99 Å². The molecule has 0 spiro atoms. The fraction of sp³-hybridized carbons (Fsp3) is 0.700. The number of carbonyl (C=O) groups excluding carboxylic acids is 1. The van der Waals surface area contributed by atoms with Crippen LogP contribution >= 0.6 is 24.0 Å². The summed E-state index contributed by atoms with van der Waals surface area (Å²) in [6.07, 6.45) is 8.88. The Morgan fingerprint density at radius 3 is 2.68 bits per heavy atom. The number of nitrogens with one attached hydrogen (secondary N) is 2. The standard InChI is InChI=1S/C20H34N4O3.HI/c1-21-20(22-12-6-3-5-11-19(25)26-2)23-16-17(18-10-9-15-27-18)24-13-7-4-8-14-24;/h9-10,15,17H,3-8,11-14,16H2,1-2H3,(H2,21,22,23);1H. The van der Waals surface area contributed by atoms with Crippen molar-refractivity contribution in [2.45, 2.75) is 51.0 Å². The molecule has 0 aromatic carbocycles. The number of unbranched alkanes of at least 4 members (excludes halogenated alkanes) is 2. The number of likely N-dealkylation sites (tertiary alicyclic amines) is 1. The summed E-state index contributed by atoms with van der Waals surface area (Å²) in [5, 5.41) is 6.79. The molecule has 1 aliphatic rings. The predicted molar refractivity (Wildman–Crippen MR) is 122 cm³/mol. The Balaban J connectivity index is 0.00000392. The van der Waals surface area contributed by atoms with Crippen LogP contribution in [0.25, 0.3) is 0 Å². The monoisotopic (exact) mass is 506 g/mol. The Labute approximate surface area is 185 Å². The van der Waals surface area contributed by atoms with Crippen LogP contribution in [0.3, 0.4) is 0 Å². The summed E-state index contributed by atoms with van der Waals surface area (Å²) in [4.78, 5) is 17.9. The highest BCUT2D eigenvalue weighted by Gasteiger charge is 2.24. The second-order valence-electron chi connectivity index (χ2n) is 6.89. The van der Waals surface area contributed by atoms with E-state index >= 15 is 0 Å². The molecular formula is C20H35IN4O3. The lowest BCUT2D eigenvalue weighted by atomic mass is 10.1. The van der Waals surface area contributed by atoms with Crippen LogP contribution in [0.4, 0.5) is 0 Å². The van der Waals surface area contributed by atoms with Crippen LogP contribution in [-0.2, 0) is 9.53 Å². The summed E-state index contributed by atoms with van der Waals surface area (Å²) >= 11 is 0. The smallest absolute Gasteiger partial charge is 0.305 e. The third kappa shape index (κ3) is 8.81. The summed E-state index contributed by atoms with van der Waals surface area (Å²) in [6.45, 7) is 3.81. The van der Waals surface area contributed by atoms with Crippen molar-refractivity contribution in [1.29, 1.82) is 0 Å². The molecule has 1 aromatic rings. The van der Waals surface area contributed by atoms with Crippen molar-refractivity contribution in [1.82, 2.24) is 15.5 Å². The van der Waals surface area contributed by atoms with Crippen LogP contribution < -0.4 is 10.6 Å². The molecule has 0 bridgehead atoms. The zero-order valence-corrected chi connectivity index (χ0v) is 19.4. The zero-order valence-electron chi connectivity index (χ0n) is 17.1. The highest BCUT2D eigenvalue weighted by atomic mass is 127. The molecule has 2 heterocycles. The van der Waals surface area contributed by atoms with Crippen LogP contribution in [0.2, 0.25) is 0 Å². The molecule has 1 aromatic heterocycles. The molecule has 0 radical (unpaired) electrons. The Hall–Kier alpha value is -1.29. The van der Waals surface area contributed by atoms with Gasteiger partial charge in [-0.2, -0.15) is 0 Å². The number of piperidine rings is 1. The minimum Gasteiger partial charge on any atom is -0.469 e. The average Bonchev–Trinajstić information content (AvgIpc) is 3.24. The fourth-order valence-corrected chi connectivity index (χ4v) is 3.41. The first-order valence-electron chi connectivity index (χ1n) is 10.0. The molecule has 1 fully saturated rings. The van der Waals surface area contributed by atoms with Crippen LogP contribution in [0, 0.1) is 0 Å². The highest BCUT2D eigenvalue weighted by Crippen LogP contribution is 2.24. The molecule has 0 saturated carbocycles. The van der Waals surface area contributed by atoms with E-state index < -0.39 is 0 Å². The van der Waals surface area contributed by atoms with Crippen molar-refractivity contribution in [2.75, 3.05) is 40.3 Å². The van der Waals surface area contributed by atoms with Gasteiger partial charge in [0.2, 0.25) is 0 Å². The van der Waals surface area contributed by atoms with E-state index in [1.165, 1.54) is 26.4 Å². The lowest BCUT2D eigenvalue weighted by Gasteiger charge is -2.33. The van der Waals surface area contributed by atoms with E-state index in [0.717, 1.165) is 57.2 Å². The maximum Gasteiger partial charge on any atom is 0.305 e. The van der Waals surface area contributed by atoms with Gasteiger partial charge in [0.1, 0.15) is 5.76 Å². The molecule has 160 valence electrons. The molecule has 2 N–H and O–H groups in total. The molecule has 2 rings (SSSR count). The number of ether oxygens (including phenoxy) is 1. The quantitative estimate of drug-likeness (QED) is 0.167. The zero-order chi connectivity index (χ0) is 19.3. The molecule has 8 heteroatoms. The van der Waals surface area contributed by atoms with Crippen LogP contribution in [0.15, 0.2) is 27.8 Å². The Morgan fingerprint density at radius 1 is 1.25 bits per heavy atom. The second kappa shape index (κ2) is 14.7. The number of esters is 1. The number of furan rings is 1. The molecule has 0 amide bonds. The summed E-state index contributed by atoms with van der Waals surface area (Å²) in [6, 6.07) is 4.23. The van der Waals surface area contributed by atoms with E-state index in [0.29, 0.717) is 6.42 Å². The lowest BCUT2D eigenvalue weighted by molar-refractivity contribution is -0.140. The highest BCUT2D eigenvalue weighted by molar-refractivity contribution is 14.0. The van der Waals surface area contributed by atoms with Gasteiger partial charge in [-0.1, -0.05) is 12.8 Å². The van der Waals surface area contributed by atoms with Gasteiger partial charge in [0.15, 0.2) is 5.96 Å². The number of hydrogen-bond donors (Lipinski definition) is 2. The van der Waals surface area contributed by atoms with Gasteiger partial charge in [0.05, 0.1) is 19.4 Å². The molecule has 1 saturated heterocycles. The van der Waals surface area contributed by atoms with Crippen molar-refractivity contribution in [3.05, 3.63) is 24.2 Å². The Bertz CT molecular complexity index is 560. The number of aliphatic imine (C=N–C) groups is 1. The topological polar surface area (TPSA) is 79.1 Å². The number of methoxy groups -OCH3 is 1. The number of rotatable bonds is 10. The first-order chi connectivity index (χ1) is 13.2. The third-order valence-corrected chi connectivity index (χ3v) is 4.97. The van der Waals surface area contributed by atoms with Gasteiger partial charge in [0.25, 0.3) is 0 Å². The first-order valence-corrected chi connectivity index (χ1v) is 10.0. The number of halogens is 1. The van der Waals surface area contributed by atoms with E-state index in [1.54, 1.807) is 13.3 Å². The first kappa shape index (κ1) is 24.7. The van der Waals surface area contributed by atoms with Gasteiger partial charge in [-0.25, -0.2) is 0 Å². The minimum atomic E-state index is -0.137. The number of carbonyl (C=O) groups is 1. The summed E-state index contributed by atoms with van der Waals surface area (Å²) < 4.78 is 10.3. The molecule has 1 unspecified atom stereocenters. The van der Waals surface area contributed by atoms with Gasteiger partial charge in [-0.05, 0) is 50.9 Å². The minimum absolute atomic E-state index is 0. The molecule has 1 aliphatic heterocycles. The molecular weight excluding hydrogens is 471 g/mol. The van der Waals surface area contributed by atoms with E-state index in [-0.39, 0.29) is 36.0 Å². The van der Waals surface area contributed by atoms with E-state index in [9.17, 15) is 4.79 Å². The molecule has 7 nitrogen and oxygen atoms in total. The number of nitrogens with zero attached hydrogens (tertiary/aromatic N) is 2. The SMILES string of the molecule is CN=C(NCCCCCC(=O)OC)NCC(c1ccco1)N1CCCCC1.I. The third-order valence-electron chi connectivity index (χ3n) is 4.97. The van der Waals surface area contributed by atoms with E-state index in [1.807, 2.05) is 6.07 Å². The molecule has 0 aliphatic carbocycles. The van der Waals surface area contributed by atoms with Gasteiger partial charge >= 0.3 is 5.97 Å². The van der Waals surface area contributed by atoms with Gasteiger partial charge in [0, 0.05) is 26.6 Å². The van der Waals surface area contributed by atoms with Gasteiger partial charge in [-0.15, -0.1) is 24.0 Å². The van der Waals surface area contributed by atoms with Crippen molar-refractivity contribution < 1.29 is 13.9 Å². The van der Waals surface area contributed by atoms with Crippen LogP contribution in [0.5, 0.6) is 0 Å². The van der Waals surface area contributed by atoms with Gasteiger partial charge < -0.3 is 19.8 Å². The summed E-state index contributed by atoms with van der Waals surface area (Å²) in [7, 11) is 3.22. The van der Waals surface area contributed by atoms with Crippen LogP contribution in [0.1, 0.15) is 56.7 Å². The van der Waals surface area contributed by atoms with E-state index in [2.05, 4.69) is 31.3 Å². The maximum absolute atomic E-state index is 11.1. The Kier molecular flexibility index (Phi) is 13.0. The Morgan fingerprint density at radius 2 is 2.04 bits per heavy atom. The maximum atomic E-state index is 11.1. The van der Waals surface area contributed by atoms with Crippen molar-refractivity contribution in [3.8, 4) is 0 Å². The number of hydrogen-bond acceptors (Lipinski definition) is 5. The van der Waals surface area contributed by atoms with Crippen molar-refractivity contribution in [3.63, 3.8) is 0 Å². The lowest BCUT2D eigenvalue weighted by Crippen LogP contribution is -2.44. The number of guanidine groups is 1. The molecule has 28 heavy (non-hydrogen) atoms.